The van der Waals surface area contributed by atoms with Crippen molar-refractivity contribution >= 4 is 17.5 Å². The summed E-state index contributed by atoms with van der Waals surface area (Å²) in [5.41, 5.74) is 0.181. The zero-order valence-corrected chi connectivity index (χ0v) is 15.8. The van der Waals surface area contributed by atoms with Crippen LogP contribution in [0.1, 0.15) is 10.4 Å². The van der Waals surface area contributed by atoms with E-state index in [9.17, 15) is 14.3 Å². The number of likely N-dealkylation sites (tertiary alicyclic amines) is 1. The fraction of sp³-hybridized carbons (Fsp3) is 0.611. The summed E-state index contributed by atoms with van der Waals surface area (Å²) in [4.78, 5) is 18.7. The molecule has 1 aromatic rings. The average molecular weight is 372 g/mol. The van der Waals surface area contributed by atoms with Crippen LogP contribution in [0.25, 0.3) is 0 Å². The van der Waals surface area contributed by atoms with Crippen molar-refractivity contribution in [3.63, 3.8) is 0 Å². The second-order valence-corrected chi connectivity index (χ2v) is 7.51. The molecule has 0 aliphatic carbocycles. The number of likely N-dealkylation sites (N-methyl/N-ethyl adjacent to an activating group) is 2. The fourth-order valence-corrected chi connectivity index (χ4v) is 3.41. The van der Waals surface area contributed by atoms with Crippen LogP contribution in [0.2, 0.25) is 5.02 Å². The van der Waals surface area contributed by atoms with Crippen LogP contribution in [0.3, 0.4) is 0 Å². The number of amides is 1. The summed E-state index contributed by atoms with van der Waals surface area (Å²) >= 11 is 6.05. The summed E-state index contributed by atoms with van der Waals surface area (Å²) in [5, 5.41) is 9.93. The summed E-state index contributed by atoms with van der Waals surface area (Å²) in [6.45, 7) is 3.73. The van der Waals surface area contributed by atoms with Crippen molar-refractivity contribution in [1.29, 1.82) is 0 Å². The summed E-state index contributed by atoms with van der Waals surface area (Å²) in [6.07, 6.45) is 0. The maximum Gasteiger partial charge on any atom is 0.255 e. The quantitative estimate of drug-likeness (QED) is 0.791. The van der Waals surface area contributed by atoms with Crippen molar-refractivity contribution in [2.45, 2.75) is 0 Å². The van der Waals surface area contributed by atoms with E-state index in [1.54, 1.807) is 4.90 Å². The maximum atomic E-state index is 13.5. The molecule has 7 heteroatoms. The Balaban J connectivity index is 2.02. The lowest BCUT2D eigenvalue weighted by molar-refractivity contribution is 0.0779. The summed E-state index contributed by atoms with van der Waals surface area (Å²) in [6, 6.07) is 3.81. The lowest BCUT2D eigenvalue weighted by atomic mass is 9.96. The molecule has 0 saturated carbocycles. The van der Waals surface area contributed by atoms with Crippen LogP contribution < -0.4 is 0 Å². The third-order valence-electron chi connectivity index (χ3n) is 4.73. The molecule has 1 amide bonds. The number of nitrogens with zero attached hydrogens (tertiary/aromatic N) is 3. The highest BCUT2D eigenvalue weighted by atomic mass is 35.5. The number of aliphatic hydroxyl groups excluding tert-OH is 1. The van der Waals surface area contributed by atoms with E-state index in [0.717, 1.165) is 19.6 Å². The summed E-state index contributed by atoms with van der Waals surface area (Å²) < 4.78 is 13.5. The number of hydrogen-bond acceptors (Lipinski definition) is 4. The number of carbonyl (C=O) groups excluding carboxylic acids is 1. The zero-order valence-electron chi connectivity index (χ0n) is 15.1. The molecule has 1 aliphatic rings. The van der Waals surface area contributed by atoms with Gasteiger partial charge in [-0.2, -0.15) is 0 Å². The highest BCUT2D eigenvalue weighted by Crippen LogP contribution is 2.27. The van der Waals surface area contributed by atoms with Gasteiger partial charge in [0, 0.05) is 45.2 Å². The molecule has 2 atom stereocenters. The highest BCUT2D eigenvalue weighted by Gasteiger charge is 2.36. The molecule has 1 fully saturated rings. The SMILES string of the molecule is CN(C)CCN(C)C[C@@H]1CN(C(=O)c2cc(F)ccc2Cl)C[C@@H]1CO. The molecule has 5 nitrogen and oxygen atoms in total. The third-order valence-corrected chi connectivity index (χ3v) is 5.06. The minimum absolute atomic E-state index is 0.0260. The molecule has 25 heavy (non-hydrogen) atoms. The molecular formula is C18H27ClFN3O2. The van der Waals surface area contributed by atoms with Crippen LogP contribution in [-0.4, -0.2) is 86.2 Å². The van der Waals surface area contributed by atoms with Gasteiger partial charge in [0.15, 0.2) is 0 Å². The maximum absolute atomic E-state index is 13.5. The number of halogens is 2. The van der Waals surface area contributed by atoms with Crippen LogP contribution in [0.15, 0.2) is 18.2 Å². The third kappa shape index (κ3) is 5.38. The van der Waals surface area contributed by atoms with Gasteiger partial charge in [-0.15, -0.1) is 0 Å². The topological polar surface area (TPSA) is 47.0 Å². The van der Waals surface area contributed by atoms with Crippen molar-refractivity contribution < 1.29 is 14.3 Å². The van der Waals surface area contributed by atoms with Crippen molar-refractivity contribution in [1.82, 2.24) is 14.7 Å². The van der Waals surface area contributed by atoms with Gasteiger partial charge in [-0.05, 0) is 45.3 Å². The van der Waals surface area contributed by atoms with E-state index in [1.165, 1.54) is 18.2 Å². The second-order valence-electron chi connectivity index (χ2n) is 7.10. The Hall–Kier alpha value is -1.21. The number of aliphatic hydroxyl groups is 1. The van der Waals surface area contributed by atoms with Gasteiger partial charge in [-0.3, -0.25) is 4.79 Å². The molecule has 0 aromatic heterocycles. The van der Waals surface area contributed by atoms with Crippen molar-refractivity contribution in [3.8, 4) is 0 Å². The van der Waals surface area contributed by atoms with E-state index in [-0.39, 0.29) is 34.9 Å². The smallest absolute Gasteiger partial charge is 0.255 e. The van der Waals surface area contributed by atoms with Crippen molar-refractivity contribution in [2.75, 3.05) is 60.5 Å². The molecule has 2 rings (SSSR count). The number of carbonyl (C=O) groups is 1. The molecule has 1 aliphatic heterocycles. The number of benzene rings is 1. The Kier molecular flexibility index (Phi) is 7.19. The molecule has 0 bridgehead atoms. The standard InChI is InChI=1S/C18H27ClFN3O2/c1-21(2)6-7-22(3)9-13-10-23(11-14(13)12-24)18(25)16-8-15(20)4-5-17(16)19/h4-5,8,13-14,24H,6-7,9-12H2,1-3H3/t13-,14-/m1/s1. The van der Waals surface area contributed by atoms with E-state index in [2.05, 4.69) is 9.80 Å². The van der Waals surface area contributed by atoms with Gasteiger partial charge in [0.25, 0.3) is 5.91 Å². The first-order valence-corrected chi connectivity index (χ1v) is 8.88. The van der Waals surface area contributed by atoms with Crippen LogP contribution in [0.4, 0.5) is 4.39 Å². The second kappa shape index (κ2) is 8.94. The van der Waals surface area contributed by atoms with Gasteiger partial charge in [0.1, 0.15) is 5.82 Å². The lowest BCUT2D eigenvalue weighted by Gasteiger charge is -2.25. The summed E-state index contributed by atoms with van der Waals surface area (Å²) in [5.74, 6) is -0.543. The molecule has 0 spiro atoms. The normalized spacial score (nSPS) is 20.7. The van der Waals surface area contributed by atoms with Gasteiger partial charge in [-0.1, -0.05) is 11.6 Å². The van der Waals surface area contributed by atoms with Crippen LogP contribution in [-0.2, 0) is 0 Å². The Bertz CT molecular complexity index is 600. The molecule has 1 aromatic carbocycles. The molecule has 1 heterocycles. The Morgan fingerprint density at radius 3 is 2.60 bits per heavy atom. The Labute approximate surface area is 154 Å². The average Bonchev–Trinajstić information content (AvgIpc) is 2.97. The molecule has 0 radical (unpaired) electrons. The van der Waals surface area contributed by atoms with E-state index in [1.807, 2.05) is 21.1 Å². The van der Waals surface area contributed by atoms with Crippen LogP contribution in [0, 0.1) is 17.7 Å². The largest absolute Gasteiger partial charge is 0.396 e. The first-order chi connectivity index (χ1) is 11.8. The van der Waals surface area contributed by atoms with Crippen molar-refractivity contribution in [2.24, 2.45) is 11.8 Å². The lowest BCUT2D eigenvalue weighted by Crippen LogP contribution is -2.35. The minimum Gasteiger partial charge on any atom is -0.396 e. The monoisotopic (exact) mass is 371 g/mol. The van der Waals surface area contributed by atoms with Gasteiger partial charge >= 0.3 is 0 Å². The van der Waals surface area contributed by atoms with Gasteiger partial charge < -0.3 is 19.8 Å². The number of rotatable bonds is 7. The van der Waals surface area contributed by atoms with Gasteiger partial charge in [-0.25, -0.2) is 4.39 Å². The highest BCUT2D eigenvalue weighted by molar-refractivity contribution is 6.33. The molecule has 140 valence electrons. The molecular weight excluding hydrogens is 345 g/mol. The first kappa shape index (κ1) is 20.1. The Morgan fingerprint density at radius 1 is 1.28 bits per heavy atom. The van der Waals surface area contributed by atoms with Gasteiger partial charge in [0.05, 0.1) is 10.6 Å². The predicted octanol–water partition coefficient (Wildman–Crippen LogP) is 1.65. The number of hydrogen-bond donors (Lipinski definition) is 1. The first-order valence-electron chi connectivity index (χ1n) is 8.50. The van der Waals surface area contributed by atoms with E-state index in [4.69, 9.17) is 11.6 Å². The zero-order chi connectivity index (χ0) is 18.6. The minimum atomic E-state index is -0.481. The van der Waals surface area contributed by atoms with Crippen LogP contribution in [0.5, 0.6) is 0 Å². The van der Waals surface area contributed by atoms with Crippen LogP contribution >= 0.6 is 11.6 Å². The molecule has 0 unspecified atom stereocenters. The summed E-state index contributed by atoms with van der Waals surface area (Å²) in [7, 11) is 6.11. The molecule has 1 N–H and O–H groups in total. The van der Waals surface area contributed by atoms with E-state index >= 15 is 0 Å². The van der Waals surface area contributed by atoms with Gasteiger partial charge in [0.2, 0.25) is 0 Å². The van der Waals surface area contributed by atoms with E-state index < -0.39 is 5.82 Å². The van der Waals surface area contributed by atoms with Crippen molar-refractivity contribution in [3.05, 3.63) is 34.6 Å². The van der Waals surface area contributed by atoms with E-state index in [0.29, 0.717) is 13.1 Å². The molecule has 1 saturated heterocycles. The Morgan fingerprint density at radius 2 is 1.96 bits per heavy atom. The predicted molar refractivity (Wildman–Crippen MR) is 97.4 cm³/mol. The fourth-order valence-electron chi connectivity index (χ4n) is 3.21.